The zero-order chi connectivity index (χ0) is 21.1. The van der Waals surface area contributed by atoms with Gasteiger partial charge in [0.05, 0.1) is 23.2 Å². The van der Waals surface area contributed by atoms with Gasteiger partial charge in [0.15, 0.2) is 5.75 Å². The van der Waals surface area contributed by atoms with Crippen LogP contribution in [0, 0.1) is 16.0 Å². The second-order valence-electron chi connectivity index (χ2n) is 7.75. The van der Waals surface area contributed by atoms with Crippen molar-refractivity contribution < 1.29 is 19.2 Å². The van der Waals surface area contributed by atoms with Gasteiger partial charge in [-0.1, -0.05) is 30.3 Å². The number of hydrogen-bond donors (Lipinski definition) is 0. The van der Waals surface area contributed by atoms with Gasteiger partial charge in [0.25, 0.3) is 5.69 Å². The van der Waals surface area contributed by atoms with Crippen LogP contribution in [-0.2, 0) is 16.0 Å². The highest BCUT2D eigenvalue weighted by molar-refractivity contribution is 5.89. The molecule has 2 aliphatic rings. The van der Waals surface area contributed by atoms with Gasteiger partial charge in [-0.25, -0.2) is 4.79 Å². The second-order valence-corrected chi connectivity index (χ2v) is 7.75. The first-order valence-corrected chi connectivity index (χ1v) is 10.1. The molecule has 0 spiro atoms. The summed E-state index contributed by atoms with van der Waals surface area (Å²) in [4.78, 5) is 38.7. The Hall–Kier alpha value is -3.42. The average Bonchev–Trinajstić information content (AvgIpc) is 2.74. The van der Waals surface area contributed by atoms with Gasteiger partial charge in [-0.2, -0.15) is 0 Å². The topological polar surface area (TPSA) is 93.0 Å². The maximum absolute atomic E-state index is 12.8. The molecule has 30 heavy (non-hydrogen) atoms. The highest BCUT2D eigenvalue weighted by Gasteiger charge is 2.30. The molecule has 0 atom stereocenters. The molecule has 8 heteroatoms. The summed E-state index contributed by atoms with van der Waals surface area (Å²) in [6.07, 6.45) is 2.92. The number of nitro groups is 1. The Balaban J connectivity index is 1.37. The molecule has 0 N–H and O–H groups in total. The molecule has 8 nitrogen and oxygen atoms in total. The Morgan fingerprint density at radius 3 is 2.57 bits per heavy atom. The number of esters is 1. The fourth-order valence-corrected chi connectivity index (χ4v) is 4.09. The largest absolute Gasteiger partial charge is 0.423 e. The summed E-state index contributed by atoms with van der Waals surface area (Å²) in [5.74, 6) is 0.0991. The number of nitro benzene ring substituents is 1. The van der Waals surface area contributed by atoms with Gasteiger partial charge in [-0.3, -0.25) is 14.9 Å². The number of fused-ring (bicyclic) bond motifs is 1. The molecule has 0 unspecified atom stereocenters. The van der Waals surface area contributed by atoms with Crippen molar-refractivity contribution >= 4 is 23.3 Å². The number of hydrogen-bond acceptors (Lipinski definition) is 6. The van der Waals surface area contributed by atoms with Crippen molar-refractivity contribution in [2.45, 2.75) is 19.3 Å². The molecule has 0 aliphatic carbocycles. The Morgan fingerprint density at radius 1 is 1.13 bits per heavy atom. The van der Waals surface area contributed by atoms with E-state index in [1.807, 2.05) is 23.1 Å². The standard InChI is InChI=1S/C22H23N3O5/c26-21(23-10-8-17(9-11-23)12-16-4-2-1-3-5-16)14-24-15-22(27)30-20-13-18(25(28)29)6-7-19(20)24/h1-7,13,17H,8-12,14-15H2. The van der Waals surface area contributed by atoms with Crippen LogP contribution in [-0.4, -0.2) is 47.9 Å². The molecule has 0 bridgehead atoms. The molecule has 1 saturated heterocycles. The van der Waals surface area contributed by atoms with Crippen molar-refractivity contribution in [3.05, 3.63) is 64.2 Å². The van der Waals surface area contributed by atoms with Gasteiger partial charge in [0.2, 0.25) is 5.91 Å². The Labute approximate surface area is 174 Å². The number of carbonyl (C=O) groups is 2. The predicted molar refractivity (Wildman–Crippen MR) is 110 cm³/mol. The minimum atomic E-state index is -0.544. The second kappa shape index (κ2) is 8.52. The molecule has 2 aliphatic heterocycles. The first-order valence-electron chi connectivity index (χ1n) is 10.1. The maximum Gasteiger partial charge on any atom is 0.331 e. The number of ether oxygens (including phenoxy) is 1. The van der Waals surface area contributed by atoms with Crippen LogP contribution in [0.1, 0.15) is 18.4 Å². The first-order chi connectivity index (χ1) is 14.5. The summed E-state index contributed by atoms with van der Waals surface area (Å²) in [6.45, 7) is 1.38. The van der Waals surface area contributed by atoms with E-state index < -0.39 is 10.9 Å². The molecule has 0 radical (unpaired) electrons. The zero-order valence-corrected chi connectivity index (χ0v) is 16.5. The summed E-state index contributed by atoms with van der Waals surface area (Å²) in [7, 11) is 0. The lowest BCUT2D eigenvalue weighted by Crippen LogP contribution is -2.47. The summed E-state index contributed by atoms with van der Waals surface area (Å²) >= 11 is 0. The number of piperidine rings is 1. The summed E-state index contributed by atoms with van der Waals surface area (Å²) < 4.78 is 5.14. The van der Waals surface area contributed by atoms with Crippen molar-refractivity contribution in [3.8, 4) is 5.75 Å². The smallest absolute Gasteiger partial charge is 0.331 e. The fourth-order valence-electron chi connectivity index (χ4n) is 4.09. The van der Waals surface area contributed by atoms with Crippen molar-refractivity contribution in [2.24, 2.45) is 5.92 Å². The van der Waals surface area contributed by atoms with Gasteiger partial charge in [-0.15, -0.1) is 0 Å². The Kier molecular flexibility index (Phi) is 5.65. The van der Waals surface area contributed by atoms with E-state index in [4.69, 9.17) is 4.74 Å². The van der Waals surface area contributed by atoms with E-state index in [-0.39, 0.29) is 30.4 Å². The molecule has 2 aromatic rings. The SMILES string of the molecule is O=C1CN(CC(=O)N2CCC(Cc3ccccc3)CC2)c2ccc([N+](=O)[O-])cc2O1. The number of likely N-dealkylation sites (tertiary alicyclic amines) is 1. The van der Waals surface area contributed by atoms with E-state index in [1.54, 1.807) is 4.90 Å². The summed E-state index contributed by atoms with van der Waals surface area (Å²) in [5, 5.41) is 11.0. The third kappa shape index (κ3) is 4.42. The predicted octanol–water partition coefficient (Wildman–Crippen LogP) is 2.80. The molecule has 156 valence electrons. The van der Waals surface area contributed by atoms with Crippen LogP contribution in [0.3, 0.4) is 0 Å². The summed E-state index contributed by atoms with van der Waals surface area (Å²) in [6, 6.07) is 14.5. The van der Waals surface area contributed by atoms with E-state index in [9.17, 15) is 19.7 Å². The van der Waals surface area contributed by atoms with E-state index >= 15 is 0 Å². The minimum Gasteiger partial charge on any atom is -0.423 e. The third-order valence-electron chi connectivity index (χ3n) is 5.70. The number of anilines is 1. The van der Waals surface area contributed by atoms with Gasteiger partial charge < -0.3 is 14.5 Å². The number of rotatable bonds is 5. The van der Waals surface area contributed by atoms with Crippen molar-refractivity contribution in [1.82, 2.24) is 4.90 Å². The van der Waals surface area contributed by atoms with E-state index in [2.05, 4.69) is 12.1 Å². The van der Waals surface area contributed by atoms with E-state index in [1.165, 1.54) is 23.8 Å². The van der Waals surface area contributed by atoms with Gasteiger partial charge >= 0.3 is 5.97 Å². The molecule has 0 saturated carbocycles. The van der Waals surface area contributed by atoms with Crippen molar-refractivity contribution in [2.75, 3.05) is 31.1 Å². The van der Waals surface area contributed by atoms with Crippen LogP contribution >= 0.6 is 0 Å². The lowest BCUT2D eigenvalue weighted by molar-refractivity contribution is -0.384. The Bertz CT molecular complexity index is 955. The third-order valence-corrected chi connectivity index (χ3v) is 5.70. The maximum atomic E-state index is 12.8. The van der Waals surface area contributed by atoms with Crippen LogP contribution in [0.2, 0.25) is 0 Å². The molecular formula is C22H23N3O5. The molecule has 2 heterocycles. The highest BCUT2D eigenvalue weighted by atomic mass is 16.6. The molecule has 1 fully saturated rings. The normalized spacial score (nSPS) is 16.7. The number of carbonyl (C=O) groups excluding carboxylic acids is 2. The minimum absolute atomic E-state index is 0.0449. The van der Waals surface area contributed by atoms with E-state index in [0.717, 1.165) is 19.3 Å². The van der Waals surface area contributed by atoms with E-state index in [0.29, 0.717) is 24.7 Å². The zero-order valence-electron chi connectivity index (χ0n) is 16.5. The van der Waals surface area contributed by atoms with Gasteiger partial charge in [0.1, 0.15) is 6.54 Å². The number of nitrogens with zero attached hydrogens (tertiary/aromatic N) is 3. The van der Waals surface area contributed by atoms with Crippen LogP contribution < -0.4 is 9.64 Å². The lowest BCUT2D eigenvalue weighted by Gasteiger charge is -2.35. The average molecular weight is 409 g/mol. The fraction of sp³-hybridized carbons (Fsp3) is 0.364. The molecule has 4 rings (SSSR count). The van der Waals surface area contributed by atoms with Gasteiger partial charge in [-0.05, 0) is 36.8 Å². The van der Waals surface area contributed by atoms with Crippen LogP contribution in [0.4, 0.5) is 11.4 Å². The van der Waals surface area contributed by atoms with Gasteiger partial charge in [0, 0.05) is 19.2 Å². The highest BCUT2D eigenvalue weighted by Crippen LogP contribution is 2.35. The van der Waals surface area contributed by atoms with Crippen molar-refractivity contribution in [3.63, 3.8) is 0 Å². The number of non-ortho nitro benzene ring substituents is 1. The first kappa shape index (κ1) is 19.9. The van der Waals surface area contributed by atoms with Crippen molar-refractivity contribution in [1.29, 1.82) is 0 Å². The molecule has 0 aromatic heterocycles. The lowest BCUT2D eigenvalue weighted by atomic mass is 9.90. The summed E-state index contributed by atoms with van der Waals surface area (Å²) in [5.41, 5.74) is 1.68. The monoisotopic (exact) mass is 409 g/mol. The molecule has 2 aromatic carbocycles. The quantitative estimate of drug-likeness (QED) is 0.326. The van der Waals surface area contributed by atoms with Crippen LogP contribution in [0.5, 0.6) is 5.75 Å². The molecular weight excluding hydrogens is 386 g/mol. The van der Waals surface area contributed by atoms with Crippen LogP contribution in [0.25, 0.3) is 0 Å². The number of amides is 1. The van der Waals surface area contributed by atoms with Crippen LogP contribution in [0.15, 0.2) is 48.5 Å². The Morgan fingerprint density at radius 2 is 1.87 bits per heavy atom. The number of benzene rings is 2. The molecule has 1 amide bonds.